The van der Waals surface area contributed by atoms with Gasteiger partial charge in [0.2, 0.25) is 0 Å². The first-order valence-electron chi connectivity index (χ1n) is 7.36. The van der Waals surface area contributed by atoms with E-state index in [1.807, 2.05) is 67.5 Å². The first-order valence-corrected chi connectivity index (χ1v) is 7.36. The average molecular weight is 305 g/mol. The van der Waals surface area contributed by atoms with Gasteiger partial charge in [-0.25, -0.2) is 4.79 Å². The fourth-order valence-corrected chi connectivity index (χ4v) is 3.01. The van der Waals surface area contributed by atoms with Gasteiger partial charge in [0.15, 0.2) is 5.58 Å². The highest BCUT2D eigenvalue weighted by molar-refractivity contribution is 6.09. The van der Waals surface area contributed by atoms with E-state index in [0.29, 0.717) is 16.7 Å². The van der Waals surface area contributed by atoms with Crippen LogP contribution in [0.25, 0.3) is 33.1 Å². The van der Waals surface area contributed by atoms with Crippen LogP contribution in [0.2, 0.25) is 0 Å². The van der Waals surface area contributed by atoms with Gasteiger partial charge in [-0.05, 0) is 23.8 Å². The van der Waals surface area contributed by atoms with Gasteiger partial charge in [0.05, 0.1) is 22.9 Å². The van der Waals surface area contributed by atoms with Crippen LogP contribution < -0.4 is 10.5 Å². The summed E-state index contributed by atoms with van der Waals surface area (Å²) in [6.07, 6.45) is 1.60. The molecule has 0 saturated heterocycles. The Morgan fingerprint density at radius 2 is 1.70 bits per heavy atom. The van der Waals surface area contributed by atoms with E-state index in [0.717, 1.165) is 22.0 Å². The van der Waals surface area contributed by atoms with Gasteiger partial charge in [-0.2, -0.15) is 0 Å². The molecule has 0 atom stereocenters. The molecule has 4 nitrogen and oxygen atoms in total. The zero-order chi connectivity index (χ0) is 16.0. The standard InChI is InChI=1S/C19H15NO3/c1-20(2)17-14-8-9-15-13(10-11-22-15)18(14)23-19(21)16(17)12-6-4-3-5-7-12/h3-11H,1-2H3. The Bertz CT molecular complexity index is 1060. The molecule has 4 aromatic rings. The van der Waals surface area contributed by atoms with Gasteiger partial charge in [0.25, 0.3) is 0 Å². The highest BCUT2D eigenvalue weighted by atomic mass is 16.4. The molecule has 0 unspecified atom stereocenters. The van der Waals surface area contributed by atoms with Crippen molar-refractivity contribution in [3.8, 4) is 11.1 Å². The van der Waals surface area contributed by atoms with Crippen molar-refractivity contribution >= 4 is 27.6 Å². The lowest BCUT2D eigenvalue weighted by Crippen LogP contribution is -2.16. The number of hydrogen-bond acceptors (Lipinski definition) is 4. The molecule has 0 bridgehead atoms. The smallest absolute Gasteiger partial charge is 0.346 e. The number of nitrogens with zero attached hydrogens (tertiary/aromatic N) is 1. The summed E-state index contributed by atoms with van der Waals surface area (Å²) in [6.45, 7) is 0. The first kappa shape index (κ1) is 13.6. The summed E-state index contributed by atoms with van der Waals surface area (Å²) in [5.74, 6) is 0. The normalized spacial score (nSPS) is 11.2. The number of benzene rings is 2. The zero-order valence-corrected chi connectivity index (χ0v) is 12.9. The van der Waals surface area contributed by atoms with E-state index in [-0.39, 0.29) is 5.63 Å². The van der Waals surface area contributed by atoms with E-state index in [1.54, 1.807) is 6.26 Å². The molecule has 23 heavy (non-hydrogen) atoms. The first-order chi connectivity index (χ1) is 11.2. The Balaban J connectivity index is 2.20. The van der Waals surface area contributed by atoms with Crippen molar-refractivity contribution in [3.63, 3.8) is 0 Å². The maximum atomic E-state index is 12.7. The summed E-state index contributed by atoms with van der Waals surface area (Å²) >= 11 is 0. The Labute approximate surface area is 132 Å². The lowest BCUT2D eigenvalue weighted by Gasteiger charge is -2.19. The van der Waals surface area contributed by atoms with Gasteiger partial charge in [-0.1, -0.05) is 30.3 Å². The minimum absolute atomic E-state index is 0.346. The van der Waals surface area contributed by atoms with E-state index in [2.05, 4.69) is 0 Å². The molecule has 4 rings (SSSR count). The third-order valence-electron chi connectivity index (χ3n) is 3.99. The van der Waals surface area contributed by atoms with E-state index in [4.69, 9.17) is 8.83 Å². The average Bonchev–Trinajstić information content (AvgIpc) is 3.03. The third-order valence-corrected chi connectivity index (χ3v) is 3.99. The van der Waals surface area contributed by atoms with Crippen molar-refractivity contribution in [2.45, 2.75) is 0 Å². The summed E-state index contributed by atoms with van der Waals surface area (Å²) in [6, 6.07) is 15.3. The van der Waals surface area contributed by atoms with Crippen molar-refractivity contribution < 1.29 is 8.83 Å². The molecule has 0 aliphatic rings. The second kappa shape index (κ2) is 5.02. The topological polar surface area (TPSA) is 46.6 Å². The van der Waals surface area contributed by atoms with Crippen molar-refractivity contribution in [2.24, 2.45) is 0 Å². The van der Waals surface area contributed by atoms with Crippen LogP contribution in [0, 0.1) is 0 Å². The van der Waals surface area contributed by atoms with Gasteiger partial charge >= 0.3 is 5.63 Å². The molecule has 0 N–H and O–H groups in total. The van der Waals surface area contributed by atoms with Crippen molar-refractivity contribution in [2.75, 3.05) is 19.0 Å². The molecule has 0 fully saturated rings. The lowest BCUT2D eigenvalue weighted by molar-refractivity contribution is 0.566. The summed E-state index contributed by atoms with van der Waals surface area (Å²) < 4.78 is 11.1. The second-order valence-electron chi connectivity index (χ2n) is 5.65. The Morgan fingerprint density at radius 3 is 2.43 bits per heavy atom. The van der Waals surface area contributed by atoms with E-state index in [1.165, 1.54) is 0 Å². The molecule has 0 spiro atoms. The Kier molecular flexibility index (Phi) is 2.98. The van der Waals surface area contributed by atoms with Crippen LogP contribution >= 0.6 is 0 Å². The highest BCUT2D eigenvalue weighted by Crippen LogP contribution is 2.36. The molecule has 4 heteroatoms. The Morgan fingerprint density at radius 1 is 0.913 bits per heavy atom. The Hall–Kier alpha value is -3.01. The fourth-order valence-electron chi connectivity index (χ4n) is 3.01. The fraction of sp³-hybridized carbons (Fsp3) is 0.105. The number of fused-ring (bicyclic) bond motifs is 3. The van der Waals surface area contributed by atoms with E-state index in [9.17, 15) is 4.79 Å². The monoisotopic (exact) mass is 305 g/mol. The maximum Gasteiger partial charge on any atom is 0.346 e. The SMILES string of the molecule is CN(C)c1c(-c2ccccc2)c(=O)oc2c1ccc1occc12. The van der Waals surface area contributed by atoms with Gasteiger partial charge in [0.1, 0.15) is 5.58 Å². The lowest BCUT2D eigenvalue weighted by atomic mass is 10.0. The molecule has 2 heterocycles. The molecule has 114 valence electrons. The van der Waals surface area contributed by atoms with Crippen LogP contribution in [0.3, 0.4) is 0 Å². The van der Waals surface area contributed by atoms with Crippen molar-refractivity contribution in [1.29, 1.82) is 0 Å². The number of anilines is 1. The molecule has 0 aliphatic heterocycles. The molecular formula is C19H15NO3. The summed E-state index contributed by atoms with van der Waals surface area (Å²) in [4.78, 5) is 14.7. The van der Waals surface area contributed by atoms with Gasteiger partial charge in [-0.3, -0.25) is 0 Å². The highest BCUT2D eigenvalue weighted by Gasteiger charge is 2.19. The van der Waals surface area contributed by atoms with E-state index >= 15 is 0 Å². The quantitative estimate of drug-likeness (QED) is 0.519. The molecule has 0 radical (unpaired) electrons. The summed E-state index contributed by atoms with van der Waals surface area (Å²) in [5, 5.41) is 1.70. The van der Waals surface area contributed by atoms with Gasteiger partial charge in [-0.15, -0.1) is 0 Å². The van der Waals surface area contributed by atoms with Crippen molar-refractivity contribution in [3.05, 3.63) is 65.2 Å². The van der Waals surface area contributed by atoms with Gasteiger partial charge < -0.3 is 13.7 Å². The molecular weight excluding hydrogens is 290 g/mol. The molecule has 0 amide bonds. The number of hydrogen-bond donors (Lipinski definition) is 0. The number of furan rings is 1. The minimum Gasteiger partial charge on any atom is -0.464 e. The van der Waals surface area contributed by atoms with Crippen molar-refractivity contribution in [1.82, 2.24) is 0 Å². The van der Waals surface area contributed by atoms with Gasteiger partial charge in [0, 0.05) is 19.5 Å². The van der Waals surface area contributed by atoms with Crippen LogP contribution in [-0.2, 0) is 0 Å². The largest absolute Gasteiger partial charge is 0.464 e. The van der Waals surface area contributed by atoms with Crippen LogP contribution in [0.1, 0.15) is 0 Å². The van der Waals surface area contributed by atoms with E-state index < -0.39 is 0 Å². The summed E-state index contributed by atoms with van der Waals surface area (Å²) in [5.41, 5.74) is 3.19. The number of rotatable bonds is 2. The molecule has 0 aliphatic carbocycles. The third kappa shape index (κ3) is 2.03. The predicted octanol–water partition coefficient (Wildman–Crippen LogP) is 4.27. The summed E-state index contributed by atoms with van der Waals surface area (Å²) in [7, 11) is 3.86. The van der Waals surface area contributed by atoms with Crippen LogP contribution in [0.5, 0.6) is 0 Å². The minimum atomic E-state index is -0.346. The van der Waals surface area contributed by atoms with Crippen LogP contribution in [-0.4, -0.2) is 14.1 Å². The molecule has 0 saturated carbocycles. The predicted molar refractivity (Wildman–Crippen MR) is 92.0 cm³/mol. The second-order valence-corrected chi connectivity index (χ2v) is 5.65. The zero-order valence-electron chi connectivity index (χ0n) is 12.9. The molecule has 2 aromatic carbocycles. The molecule has 2 aromatic heterocycles. The maximum absolute atomic E-state index is 12.7. The van der Waals surface area contributed by atoms with Crippen LogP contribution in [0.15, 0.2) is 68.4 Å². The van der Waals surface area contributed by atoms with Crippen LogP contribution in [0.4, 0.5) is 5.69 Å².